The number of nitrogen functional groups attached to an aromatic ring is 1. The van der Waals surface area contributed by atoms with Crippen LogP contribution in [0, 0.1) is 5.82 Å². The minimum atomic E-state index is -0.773. The Morgan fingerprint density at radius 1 is 1.10 bits per heavy atom. The summed E-state index contributed by atoms with van der Waals surface area (Å²) in [6.45, 7) is 2.21. The molecule has 0 unspecified atom stereocenters. The highest BCUT2D eigenvalue weighted by Crippen LogP contribution is 2.25. The fraction of sp³-hybridized carbons (Fsp3) is 0.296. The fourth-order valence-electron chi connectivity index (χ4n) is 4.13. The minimum absolute atomic E-state index is 0.0674. The third-order valence-corrected chi connectivity index (χ3v) is 7.10. The zero-order valence-electron chi connectivity index (χ0n) is 22.2. The largest absolute Gasteiger partial charge is 0.483 e. The molecule has 4 aromatic rings. The van der Waals surface area contributed by atoms with E-state index in [1.54, 1.807) is 23.8 Å². The van der Waals surface area contributed by atoms with E-state index in [1.165, 1.54) is 23.7 Å². The molecule has 0 bridgehead atoms. The Morgan fingerprint density at radius 2 is 1.80 bits per heavy atom. The van der Waals surface area contributed by atoms with Gasteiger partial charge in [0.15, 0.2) is 28.3 Å². The van der Waals surface area contributed by atoms with Crippen molar-refractivity contribution in [2.75, 3.05) is 25.2 Å². The standard InChI is InChI=1S/C27H29FN6O5S/c1-17(14-38-3)34-22(15-39-21-12-8-7-11-19(21)28)30-31-26(34)40-16-20(35)23-24(29)33(27(37)32(2)25(23)36)13-18-9-5-4-6-10-18/h4-12,17H,13-16,29H2,1-3H3/t17-/m1/s1. The summed E-state index contributed by atoms with van der Waals surface area (Å²) in [5.41, 5.74) is 5.34. The number of carbonyl (C=O) groups is 1. The van der Waals surface area contributed by atoms with E-state index in [4.69, 9.17) is 15.2 Å². The van der Waals surface area contributed by atoms with E-state index in [9.17, 15) is 18.8 Å². The number of rotatable bonds is 12. The van der Waals surface area contributed by atoms with Gasteiger partial charge in [-0.2, -0.15) is 0 Å². The molecule has 40 heavy (non-hydrogen) atoms. The Hall–Kier alpha value is -4.23. The van der Waals surface area contributed by atoms with E-state index in [-0.39, 0.29) is 42.1 Å². The predicted octanol–water partition coefficient (Wildman–Crippen LogP) is 2.67. The molecule has 0 aliphatic carbocycles. The number of para-hydroxylation sites is 1. The average molecular weight is 569 g/mol. The maximum atomic E-state index is 14.0. The SMILES string of the molecule is COC[C@@H](C)n1c(COc2ccccc2F)nnc1SCC(=O)c1c(N)n(Cc2ccccc2)c(=O)n(C)c1=O. The molecule has 210 valence electrons. The van der Waals surface area contributed by atoms with Crippen molar-refractivity contribution in [2.45, 2.75) is 31.3 Å². The first-order chi connectivity index (χ1) is 19.2. The lowest BCUT2D eigenvalue weighted by atomic mass is 10.2. The number of halogens is 1. The number of hydrogen-bond acceptors (Lipinski definition) is 9. The first kappa shape index (κ1) is 28.8. The number of thioether (sulfide) groups is 1. The highest BCUT2D eigenvalue weighted by molar-refractivity contribution is 7.99. The number of benzene rings is 2. The molecule has 0 aliphatic heterocycles. The van der Waals surface area contributed by atoms with Crippen LogP contribution in [0.3, 0.4) is 0 Å². The lowest BCUT2D eigenvalue weighted by Gasteiger charge is -2.18. The van der Waals surface area contributed by atoms with Gasteiger partial charge in [0.2, 0.25) is 0 Å². The Labute approximate surface area is 233 Å². The lowest BCUT2D eigenvalue weighted by Crippen LogP contribution is -2.43. The normalized spacial score (nSPS) is 11.9. The quantitative estimate of drug-likeness (QED) is 0.202. The first-order valence-corrected chi connectivity index (χ1v) is 13.3. The van der Waals surface area contributed by atoms with Crippen molar-refractivity contribution in [1.29, 1.82) is 0 Å². The summed E-state index contributed by atoms with van der Waals surface area (Å²) >= 11 is 1.05. The number of ketones is 1. The van der Waals surface area contributed by atoms with E-state index in [1.807, 2.05) is 37.3 Å². The maximum Gasteiger partial charge on any atom is 0.332 e. The van der Waals surface area contributed by atoms with Crippen molar-refractivity contribution in [3.63, 3.8) is 0 Å². The molecule has 11 nitrogen and oxygen atoms in total. The van der Waals surface area contributed by atoms with Crippen LogP contribution in [0.4, 0.5) is 10.2 Å². The number of nitrogens with two attached hydrogens (primary N) is 1. The maximum absolute atomic E-state index is 14.0. The Balaban J connectivity index is 1.59. The van der Waals surface area contributed by atoms with Gasteiger partial charge in [-0.3, -0.25) is 23.3 Å². The summed E-state index contributed by atoms with van der Waals surface area (Å²) in [6, 6.07) is 14.9. The van der Waals surface area contributed by atoms with E-state index in [2.05, 4.69) is 10.2 Å². The summed E-state index contributed by atoms with van der Waals surface area (Å²) in [6.07, 6.45) is 0. The zero-order chi connectivity index (χ0) is 28.8. The Kier molecular flexibility index (Phi) is 9.17. The van der Waals surface area contributed by atoms with Crippen molar-refractivity contribution in [3.05, 3.63) is 98.2 Å². The van der Waals surface area contributed by atoms with Gasteiger partial charge in [-0.25, -0.2) is 9.18 Å². The topological polar surface area (TPSA) is 136 Å². The third kappa shape index (κ3) is 6.15. The second kappa shape index (κ2) is 12.7. The number of ether oxygens (including phenoxy) is 2. The van der Waals surface area contributed by atoms with Gasteiger partial charge in [0.25, 0.3) is 5.56 Å². The summed E-state index contributed by atoms with van der Waals surface area (Å²) in [5.74, 6) is -1.01. The molecule has 0 fully saturated rings. The van der Waals surface area contributed by atoms with Gasteiger partial charge in [0.05, 0.1) is 24.9 Å². The lowest BCUT2D eigenvalue weighted by molar-refractivity contribution is 0.102. The number of nitrogens with zero attached hydrogens (tertiary/aromatic N) is 5. The molecule has 0 saturated carbocycles. The van der Waals surface area contributed by atoms with E-state index >= 15 is 0 Å². The minimum Gasteiger partial charge on any atom is -0.483 e. The molecule has 0 amide bonds. The Morgan fingerprint density at radius 3 is 2.50 bits per heavy atom. The van der Waals surface area contributed by atoms with E-state index < -0.39 is 22.8 Å². The highest BCUT2D eigenvalue weighted by atomic mass is 32.2. The van der Waals surface area contributed by atoms with Crippen LogP contribution in [0.5, 0.6) is 5.75 Å². The van der Waals surface area contributed by atoms with Crippen LogP contribution in [0.1, 0.15) is 34.7 Å². The molecular formula is C27H29FN6O5S. The summed E-state index contributed by atoms with van der Waals surface area (Å²) in [4.78, 5) is 39.0. The van der Waals surface area contributed by atoms with Crippen molar-refractivity contribution in [3.8, 4) is 5.75 Å². The third-order valence-electron chi connectivity index (χ3n) is 6.16. The smallest absolute Gasteiger partial charge is 0.332 e. The second-order valence-electron chi connectivity index (χ2n) is 8.98. The number of aromatic nitrogens is 5. The summed E-state index contributed by atoms with van der Waals surface area (Å²) in [7, 11) is 2.86. The van der Waals surface area contributed by atoms with Gasteiger partial charge in [0.1, 0.15) is 18.0 Å². The number of Topliss-reactive ketones (excluding diaryl/α,β-unsaturated/α-hetero) is 1. The zero-order valence-corrected chi connectivity index (χ0v) is 23.1. The van der Waals surface area contributed by atoms with Crippen LogP contribution in [-0.4, -0.2) is 49.2 Å². The van der Waals surface area contributed by atoms with Gasteiger partial charge in [-0.05, 0) is 24.6 Å². The molecule has 13 heteroatoms. The van der Waals surface area contributed by atoms with E-state index in [0.717, 1.165) is 21.9 Å². The highest BCUT2D eigenvalue weighted by Gasteiger charge is 2.24. The van der Waals surface area contributed by atoms with E-state index in [0.29, 0.717) is 17.6 Å². The monoisotopic (exact) mass is 568 g/mol. The van der Waals surface area contributed by atoms with Crippen molar-refractivity contribution < 1.29 is 18.7 Å². The van der Waals surface area contributed by atoms with Crippen LogP contribution >= 0.6 is 11.8 Å². The van der Waals surface area contributed by atoms with Gasteiger partial charge < -0.3 is 15.2 Å². The fourth-order valence-corrected chi connectivity index (χ4v) is 5.06. The molecule has 0 saturated heterocycles. The molecule has 0 spiro atoms. The van der Waals surface area contributed by atoms with Crippen LogP contribution in [0.2, 0.25) is 0 Å². The summed E-state index contributed by atoms with van der Waals surface area (Å²) in [5, 5.41) is 8.75. The number of hydrogen-bond donors (Lipinski definition) is 1. The Bertz CT molecular complexity index is 1620. The molecule has 4 rings (SSSR count). The number of anilines is 1. The molecule has 1 atom stereocenters. The molecule has 0 radical (unpaired) electrons. The van der Waals surface area contributed by atoms with Gasteiger partial charge in [-0.1, -0.05) is 54.2 Å². The van der Waals surface area contributed by atoms with Crippen LogP contribution in [0.15, 0.2) is 69.3 Å². The second-order valence-corrected chi connectivity index (χ2v) is 9.93. The first-order valence-electron chi connectivity index (χ1n) is 12.3. The van der Waals surface area contributed by atoms with Crippen molar-refractivity contribution in [2.24, 2.45) is 7.05 Å². The predicted molar refractivity (Wildman–Crippen MR) is 148 cm³/mol. The number of methoxy groups -OCH3 is 1. The number of carbonyl (C=O) groups excluding carboxylic acids is 1. The molecule has 2 aromatic heterocycles. The van der Waals surface area contributed by atoms with Crippen molar-refractivity contribution >= 4 is 23.4 Å². The molecule has 0 aliphatic rings. The molecule has 2 N–H and O–H groups in total. The van der Waals surface area contributed by atoms with Crippen LogP contribution in [-0.2, 0) is 24.9 Å². The average Bonchev–Trinajstić information content (AvgIpc) is 3.36. The van der Waals surface area contributed by atoms with Crippen LogP contribution in [0.25, 0.3) is 0 Å². The molecule has 2 aromatic carbocycles. The van der Waals surface area contributed by atoms with Crippen molar-refractivity contribution in [1.82, 2.24) is 23.9 Å². The van der Waals surface area contributed by atoms with Gasteiger partial charge >= 0.3 is 5.69 Å². The van der Waals surface area contributed by atoms with Gasteiger partial charge in [-0.15, -0.1) is 10.2 Å². The molecular weight excluding hydrogens is 539 g/mol. The van der Waals surface area contributed by atoms with Crippen LogP contribution < -0.4 is 21.7 Å². The molecule has 2 heterocycles. The summed E-state index contributed by atoms with van der Waals surface area (Å²) < 4.78 is 28.7. The van der Waals surface area contributed by atoms with Gasteiger partial charge in [0, 0.05) is 14.2 Å².